The fourth-order valence-corrected chi connectivity index (χ4v) is 6.18. The van der Waals surface area contributed by atoms with E-state index >= 15 is 0 Å². The smallest absolute Gasteiger partial charge is 0.336 e. The van der Waals surface area contributed by atoms with E-state index in [0.29, 0.717) is 25.4 Å². The third-order valence-electron chi connectivity index (χ3n) is 8.19. The number of nitrogens with zero attached hydrogens (tertiary/aromatic N) is 3. The topological polar surface area (TPSA) is 170 Å². The number of hydrogen-bond acceptors (Lipinski definition) is 13. The second kappa shape index (κ2) is 13.9. The zero-order chi connectivity index (χ0) is 34.8. The summed E-state index contributed by atoms with van der Waals surface area (Å²) >= 11 is 6.42. The zero-order valence-electron chi connectivity index (χ0n) is 26.1. The molecular formula is C36H26ClN3O10. The van der Waals surface area contributed by atoms with Crippen LogP contribution in [0.4, 0.5) is 0 Å². The molecule has 0 atom stereocenters. The van der Waals surface area contributed by atoms with Gasteiger partial charge in [0.15, 0.2) is 33.8 Å². The molecule has 0 N–H and O–H groups in total. The van der Waals surface area contributed by atoms with E-state index in [9.17, 15) is 24.0 Å². The van der Waals surface area contributed by atoms with Crippen LogP contribution >= 0.6 is 11.6 Å². The van der Waals surface area contributed by atoms with E-state index in [1.807, 2.05) is 36.4 Å². The van der Waals surface area contributed by atoms with Crippen LogP contribution in [0.3, 0.4) is 0 Å². The minimum atomic E-state index is -1.07. The van der Waals surface area contributed by atoms with Gasteiger partial charge in [-0.3, -0.25) is 14.6 Å². The number of rotatable bonds is 7. The molecule has 3 aromatic carbocycles. The summed E-state index contributed by atoms with van der Waals surface area (Å²) in [5, 5.41) is 3.37. The van der Waals surface area contributed by atoms with Gasteiger partial charge in [0.1, 0.15) is 10.6 Å². The van der Waals surface area contributed by atoms with E-state index < -0.39 is 61.2 Å². The number of piperazine rings is 1. The summed E-state index contributed by atoms with van der Waals surface area (Å²) in [6.45, 7) is 3.23. The predicted molar refractivity (Wildman–Crippen MR) is 180 cm³/mol. The van der Waals surface area contributed by atoms with Crippen LogP contribution in [-0.4, -0.2) is 46.9 Å². The van der Waals surface area contributed by atoms with E-state index in [4.69, 9.17) is 33.8 Å². The average molecular weight is 696 g/mol. The van der Waals surface area contributed by atoms with Gasteiger partial charge in [-0.15, -0.1) is 0 Å². The molecule has 13 nitrogen and oxygen atoms in total. The first kappa shape index (κ1) is 32.6. The molecule has 252 valence electrons. The van der Waals surface area contributed by atoms with Crippen LogP contribution in [0.15, 0.2) is 132 Å². The van der Waals surface area contributed by atoms with Gasteiger partial charge in [0.2, 0.25) is 5.78 Å². The van der Waals surface area contributed by atoms with Crippen molar-refractivity contribution in [3.05, 3.63) is 166 Å². The Morgan fingerprint density at radius 1 is 0.660 bits per heavy atom. The molecule has 1 aliphatic heterocycles. The van der Waals surface area contributed by atoms with Crippen molar-refractivity contribution in [2.75, 3.05) is 26.2 Å². The highest BCUT2D eigenvalue weighted by molar-refractivity contribution is 6.40. The lowest BCUT2D eigenvalue weighted by Crippen LogP contribution is -2.47. The molecule has 0 spiro atoms. The van der Waals surface area contributed by atoms with E-state index in [2.05, 4.69) is 39.2 Å². The van der Waals surface area contributed by atoms with Crippen molar-refractivity contribution < 1.29 is 27.0 Å². The lowest BCUT2D eigenvalue weighted by molar-refractivity contribution is 0.0977. The maximum absolute atomic E-state index is 14.1. The number of benzene rings is 3. The van der Waals surface area contributed by atoms with Crippen molar-refractivity contribution >= 4 is 39.7 Å². The van der Waals surface area contributed by atoms with E-state index in [-0.39, 0.29) is 11.7 Å². The summed E-state index contributed by atoms with van der Waals surface area (Å²) in [5.74, 6) is -0.619. The lowest BCUT2D eigenvalue weighted by Gasteiger charge is -2.39. The maximum Gasteiger partial charge on any atom is 0.336 e. The highest BCUT2D eigenvalue weighted by atomic mass is 35.5. The number of ketones is 1. The van der Waals surface area contributed by atoms with Gasteiger partial charge in [0, 0.05) is 56.5 Å². The minimum absolute atomic E-state index is 0.0833. The summed E-state index contributed by atoms with van der Waals surface area (Å²) in [7, 11) is 0. The number of carbonyl (C=O) groups is 1. The van der Waals surface area contributed by atoms with Crippen molar-refractivity contribution in [1.82, 2.24) is 15.0 Å². The highest BCUT2D eigenvalue weighted by Gasteiger charge is 2.30. The predicted octanol–water partition coefficient (Wildman–Crippen LogP) is 4.71. The summed E-state index contributed by atoms with van der Waals surface area (Å²) in [6, 6.07) is 25.2. The van der Waals surface area contributed by atoms with Crippen LogP contribution in [0.5, 0.6) is 0 Å². The fourth-order valence-electron chi connectivity index (χ4n) is 5.93. The number of halogens is 1. The molecule has 1 fully saturated rings. The van der Waals surface area contributed by atoms with Gasteiger partial charge in [-0.05, 0) is 11.1 Å². The molecule has 0 saturated carbocycles. The Bertz CT molecular complexity index is 2380. The number of aromatic nitrogens is 1. The number of carbonyl (C=O) groups excluding carboxylic acids is 1. The Hall–Kier alpha value is -5.89. The molecular weight excluding hydrogens is 670 g/mol. The molecule has 3 aromatic heterocycles. The Kier molecular flexibility index (Phi) is 9.09. The first-order valence-electron chi connectivity index (χ1n) is 15.4. The van der Waals surface area contributed by atoms with Crippen molar-refractivity contribution in [2.24, 2.45) is 0 Å². The first-order valence-corrected chi connectivity index (χ1v) is 15.8. The third kappa shape index (κ3) is 6.69. The molecule has 14 heteroatoms. The monoisotopic (exact) mass is 695 g/mol. The van der Waals surface area contributed by atoms with Gasteiger partial charge in [-0.25, -0.2) is 19.2 Å². The fraction of sp³-hybridized carbons (Fsp3) is 0.167. The molecule has 0 aliphatic carbocycles. The van der Waals surface area contributed by atoms with Crippen molar-refractivity contribution in [1.29, 1.82) is 0 Å². The summed E-state index contributed by atoms with van der Waals surface area (Å²) in [4.78, 5) is 68.4. The quantitative estimate of drug-likeness (QED) is 0.211. The second-order valence-corrected chi connectivity index (χ2v) is 11.8. The lowest BCUT2D eigenvalue weighted by atomic mass is 9.96. The molecule has 0 bridgehead atoms. The molecule has 0 amide bonds. The van der Waals surface area contributed by atoms with Crippen molar-refractivity contribution in [3.63, 3.8) is 0 Å². The van der Waals surface area contributed by atoms with Crippen molar-refractivity contribution in [3.8, 4) is 0 Å². The second-order valence-electron chi connectivity index (χ2n) is 11.4. The van der Waals surface area contributed by atoms with Gasteiger partial charge in [0.05, 0.1) is 12.6 Å². The summed E-state index contributed by atoms with van der Waals surface area (Å²) in [5.41, 5.74) is -5.24. The van der Waals surface area contributed by atoms with Gasteiger partial charge in [0.25, 0.3) is 0 Å². The average Bonchev–Trinajstić information content (AvgIpc) is 3.59. The molecule has 0 radical (unpaired) electrons. The molecule has 6 aromatic rings. The minimum Gasteiger partial charge on any atom is -0.418 e. The van der Waals surface area contributed by atoms with Gasteiger partial charge < -0.3 is 22.2 Å². The SMILES string of the molecule is O=C(c1cc(CN2CCN(C(c3ccccc3)c3ccccc3)CC2)on1)c1c2oc(=O)ccc(=O)oc2c(Cl)c2oc(=O)ccc(=O)oc12. The van der Waals surface area contributed by atoms with Crippen LogP contribution < -0.4 is 22.5 Å². The molecule has 7 rings (SSSR count). The Balaban J connectivity index is 1.21. The van der Waals surface area contributed by atoms with E-state index in [1.54, 1.807) is 0 Å². The van der Waals surface area contributed by atoms with Crippen LogP contribution in [-0.2, 0) is 6.54 Å². The molecule has 0 unspecified atom stereocenters. The van der Waals surface area contributed by atoms with Crippen LogP contribution in [0, 0.1) is 0 Å². The standard InChI is InChI=1S/C36H26ClN3O10/c37-30-35-33(46-25(41)11-13-27(43)48-35)29(34-36(30)49-28(44)14-12-26(42)47-34)32(45)24-19-23(50-38-24)20-39-15-17-40(18-16-39)31(21-7-3-1-4-8-21)22-9-5-2-6-10-22/h1-14,19,31H,15-18,20H2. The Morgan fingerprint density at radius 3 is 1.60 bits per heavy atom. The van der Waals surface area contributed by atoms with E-state index in [1.165, 1.54) is 17.2 Å². The Morgan fingerprint density at radius 2 is 1.12 bits per heavy atom. The molecule has 1 aliphatic rings. The largest absolute Gasteiger partial charge is 0.418 e. The number of fused-ring (bicyclic) bond motifs is 2. The van der Waals surface area contributed by atoms with Crippen LogP contribution in [0.25, 0.3) is 22.3 Å². The molecule has 1 saturated heterocycles. The third-order valence-corrected chi connectivity index (χ3v) is 8.53. The molecule has 50 heavy (non-hydrogen) atoms. The molecule has 4 heterocycles. The Labute approximate surface area is 285 Å². The highest BCUT2D eigenvalue weighted by Crippen LogP contribution is 2.35. The van der Waals surface area contributed by atoms with Crippen molar-refractivity contribution in [2.45, 2.75) is 12.6 Å². The summed E-state index contributed by atoms with van der Waals surface area (Å²) < 4.78 is 26.7. The first-order chi connectivity index (χ1) is 24.2. The maximum atomic E-state index is 14.1. The zero-order valence-corrected chi connectivity index (χ0v) is 26.8. The van der Waals surface area contributed by atoms with Crippen LogP contribution in [0.1, 0.15) is 39.0 Å². The summed E-state index contributed by atoms with van der Waals surface area (Å²) in [6.07, 6.45) is 0. The van der Waals surface area contributed by atoms with E-state index in [0.717, 1.165) is 37.4 Å². The van der Waals surface area contributed by atoms with Gasteiger partial charge in [-0.2, -0.15) is 0 Å². The number of hydrogen-bond donors (Lipinski definition) is 0. The van der Waals surface area contributed by atoms with Gasteiger partial charge >= 0.3 is 22.5 Å². The van der Waals surface area contributed by atoms with Gasteiger partial charge in [-0.1, -0.05) is 77.4 Å². The normalized spacial score (nSPS) is 13.9. The van der Waals surface area contributed by atoms with Crippen LogP contribution in [0.2, 0.25) is 5.02 Å².